The van der Waals surface area contributed by atoms with E-state index in [2.05, 4.69) is 26.8 Å². The summed E-state index contributed by atoms with van der Waals surface area (Å²) in [5, 5.41) is 1.23. The zero-order valence-corrected chi connectivity index (χ0v) is 8.29. The monoisotopic (exact) mass is 172 g/mol. The summed E-state index contributed by atoms with van der Waals surface area (Å²) in [6.07, 6.45) is 1.87. The molecule has 0 N–H and O–H groups in total. The molecule has 0 saturated carbocycles. The maximum atomic E-state index is 5.48. The normalized spacial score (nSPS) is 11.9. The Kier molecular flexibility index (Phi) is 1.79. The van der Waals surface area contributed by atoms with Crippen molar-refractivity contribution in [1.29, 1.82) is 0 Å². The van der Waals surface area contributed by atoms with Gasteiger partial charge in [-0.1, -0.05) is 0 Å². The van der Waals surface area contributed by atoms with E-state index in [1.165, 1.54) is 10.9 Å². The predicted octanol–water partition coefficient (Wildman–Crippen LogP) is 3.07. The minimum atomic E-state index is 0.159. The van der Waals surface area contributed by atoms with Crippen molar-refractivity contribution in [3.63, 3.8) is 0 Å². The molecule has 0 aromatic carbocycles. The molecule has 0 aliphatic rings. The van der Waals surface area contributed by atoms with Gasteiger partial charge in [0.15, 0.2) is 0 Å². The first-order chi connectivity index (χ1) is 6.09. The van der Waals surface area contributed by atoms with Crippen molar-refractivity contribution >= 4 is 17.8 Å². The number of hydrogen-bond donors (Lipinski definition) is 0. The second-order valence-corrected chi connectivity index (χ2v) is 4.40. The van der Waals surface area contributed by atoms with Crippen LogP contribution >= 0.6 is 0 Å². The Morgan fingerprint density at radius 2 is 2.08 bits per heavy atom. The van der Waals surface area contributed by atoms with E-state index in [1.54, 1.807) is 0 Å². The number of fused-ring (bicyclic) bond motifs is 1. The van der Waals surface area contributed by atoms with Crippen LogP contribution in [-0.4, -0.2) is 6.91 Å². The van der Waals surface area contributed by atoms with Crippen molar-refractivity contribution in [1.82, 2.24) is 0 Å². The van der Waals surface area contributed by atoms with Gasteiger partial charge in [0.25, 0.3) is 0 Å². The summed E-state index contributed by atoms with van der Waals surface area (Å²) in [5.74, 6) is 2.00. The third-order valence-corrected chi connectivity index (χ3v) is 2.29. The maximum absolute atomic E-state index is 5.48. The summed E-state index contributed by atoms with van der Waals surface area (Å²) >= 11 is 0. The average Bonchev–Trinajstić information content (AvgIpc) is 2.45. The molecular weight excluding hydrogens is 159 g/mol. The summed E-state index contributed by atoms with van der Waals surface area (Å²) in [6, 6.07) is 4.16. The summed E-state index contributed by atoms with van der Waals surface area (Å²) in [7, 11) is 0. The third-order valence-electron chi connectivity index (χ3n) is 2.29. The fourth-order valence-corrected chi connectivity index (χ4v) is 1.56. The Labute approximate surface area is 79.0 Å². The first-order valence-corrected chi connectivity index (χ1v) is 4.56. The molecule has 0 amide bonds. The molecule has 0 unspecified atom stereocenters. The van der Waals surface area contributed by atoms with E-state index in [4.69, 9.17) is 4.42 Å². The van der Waals surface area contributed by atoms with Crippen LogP contribution in [0.25, 0.3) is 10.9 Å². The average molecular weight is 172 g/mol. The summed E-state index contributed by atoms with van der Waals surface area (Å²) in [6.45, 7) is 8.60. The van der Waals surface area contributed by atoms with Crippen LogP contribution < -0.4 is 0 Å². The SMILES string of the molecule is CC(C)(C)c1coc2bcccc12. The van der Waals surface area contributed by atoms with Crippen LogP contribution in [0.2, 0.25) is 0 Å². The zero-order chi connectivity index (χ0) is 9.47. The van der Waals surface area contributed by atoms with E-state index in [0.29, 0.717) is 0 Å². The third kappa shape index (κ3) is 1.41. The molecule has 0 saturated heterocycles. The van der Waals surface area contributed by atoms with Crippen molar-refractivity contribution in [2.45, 2.75) is 26.2 Å². The van der Waals surface area contributed by atoms with Gasteiger partial charge >= 0.3 is 78.3 Å². The Morgan fingerprint density at radius 1 is 1.31 bits per heavy atom. The molecule has 0 fully saturated rings. The van der Waals surface area contributed by atoms with Gasteiger partial charge in [-0.2, -0.15) is 0 Å². The molecule has 0 bridgehead atoms. The van der Waals surface area contributed by atoms with Crippen LogP contribution in [0, 0.1) is 0 Å². The van der Waals surface area contributed by atoms with Gasteiger partial charge in [-0.15, -0.1) is 0 Å². The van der Waals surface area contributed by atoms with Crippen LogP contribution in [0.3, 0.4) is 0 Å². The van der Waals surface area contributed by atoms with Gasteiger partial charge in [-0.25, -0.2) is 0 Å². The standard InChI is InChI=1S/C11H13BO/c1-11(2,3)9-7-13-10-8(9)5-4-6-12-10/h4-7H,1-3H3. The molecule has 2 aromatic heterocycles. The number of rotatable bonds is 0. The molecule has 2 heterocycles. The minimum absolute atomic E-state index is 0.159. The fourth-order valence-electron chi connectivity index (χ4n) is 1.56. The first kappa shape index (κ1) is 8.55. The van der Waals surface area contributed by atoms with E-state index in [9.17, 15) is 0 Å². The summed E-state index contributed by atoms with van der Waals surface area (Å²) < 4.78 is 5.48. The van der Waals surface area contributed by atoms with Crippen molar-refractivity contribution in [3.8, 4) is 0 Å². The molecule has 13 heavy (non-hydrogen) atoms. The van der Waals surface area contributed by atoms with E-state index < -0.39 is 0 Å². The van der Waals surface area contributed by atoms with Crippen LogP contribution in [0.4, 0.5) is 0 Å². The second-order valence-electron chi connectivity index (χ2n) is 4.40. The van der Waals surface area contributed by atoms with Gasteiger partial charge in [0, 0.05) is 0 Å². The quantitative estimate of drug-likeness (QED) is 0.595. The first-order valence-electron chi connectivity index (χ1n) is 4.56. The zero-order valence-electron chi connectivity index (χ0n) is 8.29. The van der Waals surface area contributed by atoms with Gasteiger partial charge in [0.1, 0.15) is 0 Å². The van der Waals surface area contributed by atoms with Gasteiger partial charge in [0.2, 0.25) is 0 Å². The van der Waals surface area contributed by atoms with Crippen molar-refractivity contribution < 1.29 is 4.42 Å². The Bertz CT molecular complexity index is 423. The molecule has 0 spiro atoms. The van der Waals surface area contributed by atoms with E-state index >= 15 is 0 Å². The molecule has 2 aromatic rings. The van der Waals surface area contributed by atoms with Crippen LogP contribution in [0.5, 0.6) is 0 Å². The Balaban J connectivity index is 2.72. The van der Waals surface area contributed by atoms with Crippen molar-refractivity contribution in [2.24, 2.45) is 0 Å². The molecule has 0 radical (unpaired) electrons. The molecule has 0 aliphatic carbocycles. The van der Waals surface area contributed by atoms with Gasteiger partial charge in [-0.05, 0) is 0 Å². The Morgan fingerprint density at radius 3 is 2.77 bits per heavy atom. The molecule has 2 heteroatoms. The van der Waals surface area contributed by atoms with Gasteiger partial charge < -0.3 is 0 Å². The van der Waals surface area contributed by atoms with Crippen LogP contribution in [-0.2, 0) is 5.41 Å². The molecule has 1 nitrogen and oxygen atoms in total. The van der Waals surface area contributed by atoms with E-state index in [-0.39, 0.29) is 5.41 Å². The van der Waals surface area contributed by atoms with Crippen molar-refractivity contribution in [3.05, 3.63) is 29.9 Å². The topological polar surface area (TPSA) is 13.1 Å². The second kappa shape index (κ2) is 2.73. The summed E-state index contributed by atoms with van der Waals surface area (Å²) in [4.78, 5) is 0. The molecule has 66 valence electrons. The van der Waals surface area contributed by atoms with E-state index in [0.717, 1.165) is 5.48 Å². The fraction of sp³-hybridized carbons (Fsp3) is 0.364. The van der Waals surface area contributed by atoms with E-state index in [1.807, 2.05) is 25.2 Å². The predicted molar refractivity (Wildman–Crippen MR) is 56.3 cm³/mol. The summed E-state index contributed by atoms with van der Waals surface area (Å²) in [5.41, 5.74) is 2.42. The van der Waals surface area contributed by atoms with Crippen LogP contribution in [0.15, 0.2) is 28.8 Å². The van der Waals surface area contributed by atoms with Gasteiger partial charge in [0.05, 0.1) is 0 Å². The Hall–Kier alpha value is -1.05. The molecular formula is C11H13BO. The van der Waals surface area contributed by atoms with Crippen LogP contribution in [0.1, 0.15) is 26.3 Å². The van der Waals surface area contributed by atoms with Crippen molar-refractivity contribution in [2.75, 3.05) is 0 Å². The molecule has 0 atom stereocenters. The van der Waals surface area contributed by atoms with Gasteiger partial charge in [-0.3, -0.25) is 0 Å². The number of furan rings is 1. The molecule has 2 rings (SSSR count). The number of hydrogen-bond acceptors (Lipinski definition) is 1. The molecule has 0 aliphatic heterocycles.